The summed E-state index contributed by atoms with van der Waals surface area (Å²) in [6, 6.07) is 7.34. The molecule has 2 fully saturated rings. The Kier molecular flexibility index (Phi) is 4.81. The van der Waals surface area contributed by atoms with Crippen LogP contribution < -0.4 is 10.2 Å². The maximum Gasteiger partial charge on any atom is 0.321 e. The summed E-state index contributed by atoms with van der Waals surface area (Å²) in [4.78, 5) is 28.1. The summed E-state index contributed by atoms with van der Waals surface area (Å²) >= 11 is 0. The predicted molar refractivity (Wildman–Crippen MR) is 88.6 cm³/mol. The van der Waals surface area contributed by atoms with E-state index in [-0.39, 0.29) is 11.9 Å². The fourth-order valence-corrected chi connectivity index (χ4v) is 3.08. The quantitative estimate of drug-likeness (QED) is 0.910. The Labute approximate surface area is 136 Å². The molecular formula is C17H23N3O3. The van der Waals surface area contributed by atoms with E-state index < -0.39 is 0 Å². The van der Waals surface area contributed by atoms with Crippen LogP contribution in [0.25, 0.3) is 0 Å². The van der Waals surface area contributed by atoms with Gasteiger partial charge in [-0.1, -0.05) is 19.1 Å². The number of anilines is 2. The van der Waals surface area contributed by atoms with E-state index in [9.17, 15) is 9.59 Å². The minimum absolute atomic E-state index is 0.114. The minimum atomic E-state index is -0.138. The number of ether oxygens (including phenoxy) is 1. The fraction of sp³-hybridized carbons (Fsp3) is 0.529. The molecule has 0 bridgehead atoms. The summed E-state index contributed by atoms with van der Waals surface area (Å²) in [5.74, 6) is 0.433. The first-order valence-corrected chi connectivity index (χ1v) is 8.18. The minimum Gasteiger partial charge on any atom is -0.379 e. The van der Waals surface area contributed by atoms with Crippen molar-refractivity contribution in [2.45, 2.75) is 19.8 Å². The number of benzene rings is 1. The molecule has 3 amide bonds. The number of hydrogen-bond donors (Lipinski definition) is 1. The van der Waals surface area contributed by atoms with Gasteiger partial charge in [-0.05, 0) is 24.5 Å². The maximum atomic E-state index is 12.6. The molecule has 0 aliphatic carbocycles. The molecule has 0 radical (unpaired) electrons. The van der Waals surface area contributed by atoms with Crippen LogP contribution in [0.2, 0.25) is 0 Å². The van der Waals surface area contributed by atoms with Gasteiger partial charge in [0.25, 0.3) is 0 Å². The van der Waals surface area contributed by atoms with Gasteiger partial charge in [-0.25, -0.2) is 4.79 Å². The Morgan fingerprint density at radius 2 is 2.13 bits per heavy atom. The van der Waals surface area contributed by atoms with Crippen LogP contribution in [0.15, 0.2) is 24.3 Å². The van der Waals surface area contributed by atoms with Crippen molar-refractivity contribution in [3.63, 3.8) is 0 Å². The van der Waals surface area contributed by atoms with Crippen molar-refractivity contribution in [3.05, 3.63) is 24.3 Å². The van der Waals surface area contributed by atoms with Crippen LogP contribution in [-0.4, -0.2) is 49.7 Å². The van der Waals surface area contributed by atoms with E-state index in [2.05, 4.69) is 12.2 Å². The number of carbonyl (C=O) groups is 2. The number of urea groups is 1. The number of nitrogens with zero attached hydrogens (tertiary/aromatic N) is 2. The molecule has 2 saturated heterocycles. The van der Waals surface area contributed by atoms with Gasteiger partial charge in [-0.2, -0.15) is 0 Å². The lowest BCUT2D eigenvalue weighted by Crippen LogP contribution is -2.39. The van der Waals surface area contributed by atoms with E-state index in [0.717, 1.165) is 12.1 Å². The van der Waals surface area contributed by atoms with Crippen LogP contribution in [-0.2, 0) is 9.53 Å². The molecular weight excluding hydrogens is 294 g/mol. The van der Waals surface area contributed by atoms with Crippen molar-refractivity contribution >= 4 is 23.3 Å². The number of amides is 3. The summed E-state index contributed by atoms with van der Waals surface area (Å²) in [7, 11) is 0. The Morgan fingerprint density at radius 1 is 1.30 bits per heavy atom. The first kappa shape index (κ1) is 15.8. The molecule has 0 unspecified atom stereocenters. The van der Waals surface area contributed by atoms with Gasteiger partial charge in [0, 0.05) is 26.1 Å². The summed E-state index contributed by atoms with van der Waals surface area (Å²) in [6.45, 7) is 5.28. The average Bonchev–Trinajstić information content (AvgIpc) is 2.84. The highest BCUT2D eigenvalue weighted by Gasteiger charge is 2.25. The number of hydrogen-bond acceptors (Lipinski definition) is 3. The number of para-hydroxylation sites is 2. The zero-order valence-corrected chi connectivity index (χ0v) is 13.5. The second-order valence-corrected chi connectivity index (χ2v) is 6.22. The highest BCUT2D eigenvalue weighted by atomic mass is 16.5. The zero-order chi connectivity index (χ0) is 16.2. The molecule has 2 heterocycles. The Balaban J connectivity index is 1.74. The standard InChI is InChI=1S/C17H23N3O3/c1-13-11-19(9-10-23-12-13)17(22)18-14-5-2-3-6-15(14)20-8-4-7-16(20)21/h2-3,5-6,13H,4,7-12H2,1H3,(H,18,22)/t13-/m0/s1. The maximum absolute atomic E-state index is 12.6. The Bertz CT molecular complexity index is 590. The SMILES string of the molecule is C[C@@H]1COCCN(C(=O)Nc2ccccc2N2CCCC2=O)C1. The monoisotopic (exact) mass is 317 g/mol. The summed E-state index contributed by atoms with van der Waals surface area (Å²) in [5.41, 5.74) is 1.47. The number of nitrogens with one attached hydrogen (secondary N) is 1. The molecule has 2 aliphatic rings. The molecule has 0 spiro atoms. The van der Waals surface area contributed by atoms with Crippen molar-refractivity contribution in [2.24, 2.45) is 5.92 Å². The summed E-state index contributed by atoms with van der Waals surface area (Å²) < 4.78 is 5.48. The van der Waals surface area contributed by atoms with Crippen molar-refractivity contribution in [1.29, 1.82) is 0 Å². The van der Waals surface area contributed by atoms with Gasteiger partial charge < -0.3 is 19.9 Å². The van der Waals surface area contributed by atoms with Crippen molar-refractivity contribution in [3.8, 4) is 0 Å². The Hall–Kier alpha value is -2.08. The van der Waals surface area contributed by atoms with Crippen LogP contribution >= 0.6 is 0 Å². The van der Waals surface area contributed by atoms with Crippen LogP contribution in [0.3, 0.4) is 0 Å². The zero-order valence-electron chi connectivity index (χ0n) is 13.5. The smallest absolute Gasteiger partial charge is 0.321 e. The van der Waals surface area contributed by atoms with Gasteiger partial charge in [0.2, 0.25) is 5.91 Å². The molecule has 3 rings (SSSR count). The molecule has 1 aromatic carbocycles. The fourth-order valence-electron chi connectivity index (χ4n) is 3.08. The molecule has 1 atom stereocenters. The third kappa shape index (κ3) is 3.64. The van der Waals surface area contributed by atoms with E-state index in [1.165, 1.54) is 0 Å². The predicted octanol–water partition coefficient (Wildman–Crippen LogP) is 2.31. The molecule has 23 heavy (non-hydrogen) atoms. The van der Waals surface area contributed by atoms with Gasteiger partial charge >= 0.3 is 6.03 Å². The normalized spacial score (nSPS) is 22.1. The summed E-state index contributed by atoms with van der Waals surface area (Å²) in [6.07, 6.45) is 1.44. The van der Waals surface area contributed by atoms with E-state index in [1.807, 2.05) is 24.3 Å². The first-order valence-electron chi connectivity index (χ1n) is 8.18. The molecule has 2 aliphatic heterocycles. The highest BCUT2D eigenvalue weighted by molar-refractivity contribution is 6.01. The molecule has 6 heteroatoms. The van der Waals surface area contributed by atoms with Crippen molar-refractivity contribution in [1.82, 2.24) is 4.90 Å². The van der Waals surface area contributed by atoms with Gasteiger partial charge in [-0.15, -0.1) is 0 Å². The van der Waals surface area contributed by atoms with Gasteiger partial charge in [0.15, 0.2) is 0 Å². The van der Waals surface area contributed by atoms with Crippen molar-refractivity contribution < 1.29 is 14.3 Å². The summed E-state index contributed by atoms with van der Waals surface area (Å²) in [5, 5.41) is 2.96. The number of carbonyl (C=O) groups excluding carboxylic acids is 2. The van der Waals surface area contributed by atoms with Gasteiger partial charge in [-0.3, -0.25) is 4.79 Å². The highest BCUT2D eigenvalue weighted by Crippen LogP contribution is 2.29. The van der Waals surface area contributed by atoms with Crippen LogP contribution in [0.1, 0.15) is 19.8 Å². The topological polar surface area (TPSA) is 61.9 Å². The largest absolute Gasteiger partial charge is 0.379 e. The van der Waals surface area contributed by atoms with E-state index >= 15 is 0 Å². The van der Waals surface area contributed by atoms with Gasteiger partial charge in [0.1, 0.15) is 0 Å². The third-order valence-electron chi connectivity index (χ3n) is 4.24. The van der Waals surface area contributed by atoms with Crippen LogP contribution in [0.4, 0.5) is 16.2 Å². The van der Waals surface area contributed by atoms with E-state index in [0.29, 0.717) is 50.9 Å². The molecule has 0 saturated carbocycles. The second-order valence-electron chi connectivity index (χ2n) is 6.22. The lowest BCUT2D eigenvalue weighted by atomic mass is 10.2. The van der Waals surface area contributed by atoms with Crippen LogP contribution in [0, 0.1) is 5.92 Å². The Morgan fingerprint density at radius 3 is 2.91 bits per heavy atom. The van der Waals surface area contributed by atoms with E-state index in [1.54, 1.807) is 9.80 Å². The lowest BCUT2D eigenvalue weighted by molar-refractivity contribution is -0.117. The number of rotatable bonds is 2. The molecule has 1 N–H and O–H groups in total. The second kappa shape index (κ2) is 7.00. The lowest BCUT2D eigenvalue weighted by Gasteiger charge is -2.25. The molecule has 124 valence electrons. The van der Waals surface area contributed by atoms with Gasteiger partial charge in [0.05, 0.1) is 24.6 Å². The molecule has 1 aromatic rings. The van der Waals surface area contributed by atoms with E-state index in [4.69, 9.17) is 4.74 Å². The molecule has 0 aromatic heterocycles. The average molecular weight is 317 g/mol. The van der Waals surface area contributed by atoms with Crippen LogP contribution in [0.5, 0.6) is 0 Å². The first-order chi connectivity index (χ1) is 11.1. The molecule has 6 nitrogen and oxygen atoms in total. The van der Waals surface area contributed by atoms with Crippen molar-refractivity contribution in [2.75, 3.05) is 43.1 Å². The third-order valence-corrected chi connectivity index (χ3v) is 4.24.